The number of carbonyl (C=O) groups excluding carboxylic acids is 1. The van der Waals surface area contributed by atoms with E-state index in [9.17, 15) is 34.6 Å². The fraction of sp³-hybridized carbons (Fsp3) is 0.111. The number of anilines is 2. The second kappa shape index (κ2) is 28.9. The molecule has 4 rings (SSSR count). The molecule has 0 bridgehead atoms. The normalized spacial score (nSPS) is 12.7. The average molecular weight is 1010 g/mol. The molecule has 0 amide bonds. The van der Waals surface area contributed by atoms with E-state index in [-0.39, 0.29) is 151 Å². The Morgan fingerprint density at radius 1 is 0.721 bits per heavy atom. The Morgan fingerprint density at radius 2 is 1.16 bits per heavy atom. The molecule has 3 aromatic carbocycles. The summed E-state index contributed by atoms with van der Waals surface area (Å²) in [4.78, 5) is 12.0. The molecule has 4 N–H and O–H groups in total. The van der Waals surface area contributed by atoms with Crippen molar-refractivity contribution in [2.45, 2.75) is 14.7 Å². The Kier molecular flexibility index (Phi) is 31.6. The van der Waals surface area contributed by atoms with E-state index in [1.807, 2.05) is 0 Å². The van der Waals surface area contributed by atoms with Gasteiger partial charge in [0.15, 0.2) is 19.7 Å². The Bertz CT molecular complexity index is 2720. The molecule has 0 saturated heterocycles. The minimum Gasteiger partial charge on any atom is -0.744 e. The number of azo groups is 1. The van der Waals surface area contributed by atoms with Crippen LogP contribution in [0.4, 0.5) is 22.7 Å². The molecule has 1 aliphatic rings. The predicted molar refractivity (Wildman–Crippen MR) is 193 cm³/mol. The molecule has 0 atom stereocenters. The molecule has 0 aliphatic heterocycles. The second-order valence-electron chi connectivity index (χ2n) is 9.87. The average Bonchev–Trinajstić information content (AvgIpc) is 3.08. The summed E-state index contributed by atoms with van der Waals surface area (Å²) in [5.74, 6) is -1.39. The van der Waals surface area contributed by atoms with Gasteiger partial charge in [-0.2, -0.15) is 27.5 Å². The molecule has 0 aromatic heterocycles. The number of Topliss-reactive ketones (excluding diaryl/α,β-unsaturated/α-hetero) is 1. The number of hydrogen-bond acceptors (Lipinski definition) is 22. The number of hydrazone groups is 1. The van der Waals surface area contributed by atoms with Crippen molar-refractivity contribution in [3.05, 3.63) is 85.6 Å². The maximum absolute atomic E-state index is 13.2. The van der Waals surface area contributed by atoms with E-state index in [0.717, 1.165) is 12.1 Å². The maximum Gasteiger partial charge on any atom is 1.00 e. The molecule has 0 fully saturated rings. The number of carbonyl (C=O) groups is 1. The van der Waals surface area contributed by atoms with Crippen LogP contribution >= 0.6 is 0 Å². The minimum absolute atomic E-state index is 0. The molecule has 0 radical (unpaired) electrons. The first-order valence-corrected chi connectivity index (χ1v) is 22.5. The third kappa shape index (κ3) is 24.8. The molecule has 24 nitrogen and oxygen atoms in total. The van der Waals surface area contributed by atoms with Gasteiger partial charge in [-0.05, 0) is 48.5 Å². The molecule has 0 saturated carbocycles. The van der Waals surface area contributed by atoms with Crippen molar-refractivity contribution in [3.8, 4) is 0 Å². The van der Waals surface area contributed by atoms with E-state index >= 15 is 0 Å². The van der Waals surface area contributed by atoms with Crippen LogP contribution in [0.5, 0.6) is 0 Å². The van der Waals surface area contributed by atoms with Crippen molar-refractivity contribution in [3.63, 3.8) is 0 Å². The summed E-state index contributed by atoms with van der Waals surface area (Å²) in [7, 11) is -23.9. The van der Waals surface area contributed by atoms with Crippen LogP contribution in [0.25, 0.3) is 6.08 Å². The van der Waals surface area contributed by atoms with E-state index < -0.39 is 88.2 Å². The summed E-state index contributed by atoms with van der Waals surface area (Å²) >= 11 is 0. The minimum atomic E-state index is -5.15. The molecule has 314 valence electrons. The van der Waals surface area contributed by atoms with Crippen molar-refractivity contribution in [1.29, 1.82) is 0 Å². The summed E-state index contributed by atoms with van der Waals surface area (Å²) in [5.41, 5.74) is 3.53. The standard InChI is InChI=1S/C27H24N5O8S3.4Na.2H2O4S.O3S/c1-4-41(34,35)18-8-6-17(7-9-18)29-31-24-15-11-20-21(27(24)33)12-14-23(28-3)26(20)32-30-22-13-10-19(42(36,37)5-2)16-25(22)43(38,39)40;;;;;2*1-5(2,3)4;1-4(2)3/h6-14,16,28-29H,1-2,4-5H2,3H3,(H,38,39,40);;;;;2*(H2,1,2,3,4);/q-3;4*+1;;;/p-3. The van der Waals surface area contributed by atoms with E-state index in [2.05, 4.69) is 46.0 Å². The molecule has 0 heterocycles. The van der Waals surface area contributed by atoms with Gasteiger partial charge in [0, 0.05) is 18.4 Å². The number of ketones is 1. The maximum atomic E-state index is 13.2. The van der Waals surface area contributed by atoms with Crippen LogP contribution in [0.3, 0.4) is 0 Å². The Hall–Kier alpha value is -0.890. The van der Waals surface area contributed by atoms with Crippen LogP contribution in [0.2, 0.25) is 0 Å². The van der Waals surface area contributed by atoms with Gasteiger partial charge in [-0.1, -0.05) is 28.7 Å². The number of nitrogens with one attached hydrogen (secondary N) is 2. The predicted octanol–water partition coefficient (Wildman–Crippen LogP) is -11.2. The third-order valence-electron chi connectivity index (χ3n) is 6.16. The van der Waals surface area contributed by atoms with Crippen LogP contribution in [-0.2, 0) is 61.2 Å². The second-order valence-corrected chi connectivity index (χ2v) is 17.6. The molecule has 0 spiro atoms. The largest absolute Gasteiger partial charge is 1.00 e. The van der Waals surface area contributed by atoms with E-state index in [1.165, 1.54) is 42.5 Å². The van der Waals surface area contributed by atoms with Gasteiger partial charge in [0.25, 0.3) is 0 Å². The van der Waals surface area contributed by atoms with E-state index in [4.69, 9.17) is 47.7 Å². The molecular weight excluding hydrogens is 983 g/mol. The summed E-state index contributed by atoms with van der Waals surface area (Å²) in [6, 6.07) is 11.6. The molecule has 3 aromatic rings. The number of rotatable bonds is 10. The zero-order valence-electron chi connectivity index (χ0n) is 32.2. The van der Waals surface area contributed by atoms with E-state index in [0.29, 0.717) is 17.4 Å². The summed E-state index contributed by atoms with van der Waals surface area (Å²) in [5, 5.41) is 15.0. The van der Waals surface area contributed by atoms with Gasteiger partial charge in [0.1, 0.15) is 15.8 Å². The molecule has 1 aliphatic carbocycles. The Balaban J connectivity index is -0.000000784. The van der Waals surface area contributed by atoms with Crippen molar-refractivity contribution < 1.29 is 201 Å². The molecule has 0 unspecified atom stereocenters. The first kappa shape index (κ1) is 66.7. The van der Waals surface area contributed by atoms with Crippen molar-refractivity contribution in [2.24, 2.45) is 15.3 Å². The van der Waals surface area contributed by atoms with Gasteiger partial charge in [-0.15, -0.1) is 12.6 Å². The molecule has 34 heteroatoms. The first-order chi connectivity index (χ1) is 25.9. The van der Waals surface area contributed by atoms with Crippen molar-refractivity contribution in [1.82, 2.24) is 0 Å². The van der Waals surface area contributed by atoms with Gasteiger partial charge < -0.3 is 37.6 Å². The third-order valence-corrected chi connectivity index (χ3v) is 10.1. The number of fused-ring (bicyclic) bond motifs is 1. The zero-order chi connectivity index (χ0) is 44.2. The number of nitrogens with zero attached hydrogens (tertiary/aromatic N) is 3. The van der Waals surface area contributed by atoms with Crippen LogP contribution in [-0.4, -0.2) is 108 Å². The van der Waals surface area contributed by atoms with Crippen LogP contribution in [0, 0.1) is 19.9 Å². The fourth-order valence-electron chi connectivity index (χ4n) is 3.85. The van der Waals surface area contributed by atoms with Gasteiger partial charge in [0.05, 0.1) is 31.8 Å². The summed E-state index contributed by atoms with van der Waals surface area (Å²) < 4.78 is 175. The van der Waals surface area contributed by atoms with Gasteiger partial charge in [-0.3, -0.25) is 14.5 Å². The quantitative estimate of drug-likeness (QED) is 0.0366. The van der Waals surface area contributed by atoms with Crippen LogP contribution in [0.15, 0.2) is 84.6 Å². The number of allylic oxidation sites excluding steroid dienone is 1. The topological polar surface area (TPSA) is 410 Å². The SMILES string of the molecule is O=S(=O)([O-])O.O=S(=O)([O-])O.O=S(=O)=O.[CH2-]CS(=O)(=O)c1ccc(NN=C2[C-]=Cc3c(ccc(NC)c3N=Nc3ccc(S(=O)(=O)C[CH2-])cc3S(=O)(=O)[O-])C2=O)cc1.[Na+].[Na+].[Na+].[Na+]. The summed E-state index contributed by atoms with van der Waals surface area (Å²) in [6.07, 6.45) is 4.18. The summed E-state index contributed by atoms with van der Waals surface area (Å²) in [6.45, 7) is 6.70. The van der Waals surface area contributed by atoms with Gasteiger partial charge in [-0.25, -0.2) is 42.1 Å². The molecule has 61 heavy (non-hydrogen) atoms. The number of hydrogen-bond donors (Lipinski definition) is 4. The van der Waals surface area contributed by atoms with Crippen molar-refractivity contribution >= 4 is 102 Å². The first-order valence-electron chi connectivity index (χ1n) is 14.1. The van der Waals surface area contributed by atoms with Crippen LogP contribution < -0.4 is 129 Å². The van der Waals surface area contributed by atoms with Crippen molar-refractivity contribution in [2.75, 3.05) is 29.3 Å². The van der Waals surface area contributed by atoms with Gasteiger partial charge in [0.2, 0.25) is 20.8 Å². The monoisotopic (exact) mass is 1010 g/mol. The smallest absolute Gasteiger partial charge is 0.744 e. The molecular formula is C27H25N5Na4O19S6-2. The fourth-order valence-corrected chi connectivity index (χ4v) is 6.15. The Morgan fingerprint density at radius 3 is 1.59 bits per heavy atom. The van der Waals surface area contributed by atoms with Gasteiger partial charge >= 0.3 is 129 Å². The van der Waals surface area contributed by atoms with E-state index in [1.54, 1.807) is 7.05 Å². The number of sulfone groups is 2. The van der Waals surface area contributed by atoms with Crippen LogP contribution in [0.1, 0.15) is 15.9 Å². The number of benzene rings is 3. The zero-order valence-corrected chi connectivity index (χ0v) is 45.1. The Labute approximate surface area is 440 Å².